The summed E-state index contributed by atoms with van der Waals surface area (Å²) in [5.74, 6) is 0.618. The van der Waals surface area contributed by atoms with Gasteiger partial charge < -0.3 is 9.29 Å². The van der Waals surface area contributed by atoms with E-state index in [0.717, 1.165) is 19.3 Å². The topological polar surface area (TPSA) is 66.4 Å². The molecule has 0 aliphatic carbocycles. The number of hydrogen-bond donors (Lipinski definition) is 0. The first-order valence-corrected chi connectivity index (χ1v) is 13.2. The van der Waals surface area contributed by atoms with E-state index in [0.29, 0.717) is 17.7 Å². The molecule has 6 heteroatoms. The molecule has 0 radical (unpaired) electrons. The Morgan fingerprint density at radius 1 is 0.719 bits per heavy atom. The average molecular weight is 469 g/mol. The zero-order valence-corrected chi connectivity index (χ0v) is 22.7. The molecule has 0 unspecified atom stereocenters. The molecule has 0 amide bonds. The van der Waals surface area contributed by atoms with Crippen LogP contribution in [0.15, 0.2) is 53.4 Å². The minimum atomic E-state index is -4.63. The van der Waals surface area contributed by atoms with E-state index in [1.807, 2.05) is 6.07 Å². The Morgan fingerprint density at radius 3 is 1.78 bits per heavy atom. The standard InChI is InChI=1S/C26H38O4S.Na/c1-2-3-4-5-6-7-8-9-10-11-12-14-18-23-19-17-22-25(26(23)31(27,28)29)30-24-20-15-13-16-21-24;/h13,15-17,19-22H,2-12,14,18H2,1H3,(H,27,28,29);/q;+1/p-1. The predicted octanol–water partition coefficient (Wildman–Crippen LogP) is 4.63. The van der Waals surface area contributed by atoms with Gasteiger partial charge in [0.1, 0.15) is 26.5 Å². The minimum Gasteiger partial charge on any atom is -0.744 e. The number of aryl methyl sites for hydroxylation is 1. The van der Waals surface area contributed by atoms with Crippen molar-refractivity contribution in [2.75, 3.05) is 0 Å². The van der Waals surface area contributed by atoms with Gasteiger partial charge in [-0.2, -0.15) is 0 Å². The van der Waals surface area contributed by atoms with Crippen molar-refractivity contribution in [3.05, 3.63) is 54.1 Å². The molecule has 0 saturated carbocycles. The van der Waals surface area contributed by atoms with E-state index in [4.69, 9.17) is 4.74 Å². The number of para-hydroxylation sites is 1. The van der Waals surface area contributed by atoms with E-state index in [2.05, 4.69) is 6.92 Å². The van der Waals surface area contributed by atoms with E-state index in [1.54, 1.807) is 42.5 Å². The van der Waals surface area contributed by atoms with Crippen molar-refractivity contribution in [2.24, 2.45) is 0 Å². The van der Waals surface area contributed by atoms with Crippen molar-refractivity contribution >= 4 is 10.1 Å². The van der Waals surface area contributed by atoms with Crippen molar-refractivity contribution in [3.63, 3.8) is 0 Å². The summed E-state index contributed by atoms with van der Waals surface area (Å²) in [6.07, 6.45) is 15.5. The summed E-state index contributed by atoms with van der Waals surface area (Å²) in [4.78, 5) is -0.220. The Morgan fingerprint density at radius 2 is 1.25 bits per heavy atom. The summed E-state index contributed by atoms with van der Waals surface area (Å²) in [5, 5.41) is 0. The van der Waals surface area contributed by atoms with Crippen LogP contribution in [0.1, 0.15) is 89.5 Å². The fourth-order valence-electron chi connectivity index (χ4n) is 3.89. The van der Waals surface area contributed by atoms with Gasteiger partial charge in [0.2, 0.25) is 0 Å². The van der Waals surface area contributed by atoms with Crippen molar-refractivity contribution in [1.29, 1.82) is 0 Å². The van der Waals surface area contributed by atoms with Crippen LogP contribution in [0.5, 0.6) is 11.5 Å². The predicted molar refractivity (Wildman–Crippen MR) is 126 cm³/mol. The van der Waals surface area contributed by atoms with Crippen molar-refractivity contribution in [3.8, 4) is 11.5 Å². The molecule has 0 atom stereocenters. The molecule has 0 fully saturated rings. The third kappa shape index (κ3) is 11.3. The van der Waals surface area contributed by atoms with E-state index in [-0.39, 0.29) is 40.2 Å². The molecule has 0 heterocycles. The van der Waals surface area contributed by atoms with Gasteiger partial charge in [-0.25, -0.2) is 8.42 Å². The van der Waals surface area contributed by atoms with Gasteiger partial charge in [0.25, 0.3) is 0 Å². The van der Waals surface area contributed by atoms with Crippen molar-refractivity contribution in [1.82, 2.24) is 0 Å². The first-order valence-electron chi connectivity index (χ1n) is 11.8. The molecular weight excluding hydrogens is 431 g/mol. The van der Waals surface area contributed by atoms with Gasteiger partial charge in [-0.1, -0.05) is 108 Å². The SMILES string of the molecule is CCCCCCCCCCCCCCc1cccc(Oc2ccccc2)c1S(=O)(=O)[O-].[Na+]. The molecule has 2 aromatic rings. The van der Waals surface area contributed by atoms with Gasteiger partial charge in [0, 0.05) is 0 Å². The normalized spacial score (nSPS) is 11.2. The van der Waals surface area contributed by atoms with Crippen LogP contribution in [0, 0.1) is 0 Å². The maximum atomic E-state index is 11.9. The zero-order valence-electron chi connectivity index (χ0n) is 19.9. The molecule has 2 rings (SSSR count). The summed E-state index contributed by atoms with van der Waals surface area (Å²) in [5.41, 5.74) is 0.551. The van der Waals surface area contributed by atoms with E-state index in [9.17, 15) is 13.0 Å². The second kappa shape index (κ2) is 16.7. The minimum absolute atomic E-state index is 0. The Hall–Kier alpha value is -0.850. The summed E-state index contributed by atoms with van der Waals surface area (Å²) in [7, 11) is -4.63. The number of ether oxygens (including phenoxy) is 1. The Balaban J connectivity index is 0.00000512. The largest absolute Gasteiger partial charge is 1.00 e. The molecule has 0 aromatic heterocycles. The van der Waals surface area contributed by atoms with Crippen LogP contribution >= 0.6 is 0 Å². The quantitative estimate of drug-likeness (QED) is 0.205. The molecule has 0 aliphatic heterocycles. The first kappa shape index (κ1) is 29.2. The third-order valence-corrected chi connectivity index (χ3v) is 6.54. The van der Waals surface area contributed by atoms with E-state index >= 15 is 0 Å². The van der Waals surface area contributed by atoms with Crippen molar-refractivity contribution < 1.29 is 47.3 Å². The van der Waals surface area contributed by atoms with Crippen LogP contribution in [0.2, 0.25) is 0 Å². The Kier molecular flexibility index (Phi) is 15.2. The Bertz CT molecular complexity index is 853. The van der Waals surface area contributed by atoms with Gasteiger partial charge in [-0.05, 0) is 36.6 Å². The maximum absolute atomic E-state index is 11.9. The summed E-state index contributed by atoms with van der Waals surface area (Å²) >= 11 is 0. The fraction of sp³-hybridized carbons (Fsp3) is 0.538. The summed E-state index contributed by atoms with van der Waals surface area (Å²) in [6.45, 7) is 2.25. The fourth-order valence-corrected chi connectivity index (χ4v) is 4.74. The Labute approximate surface area is 217 Å². The zero-order chi connectivity index (χ0) is 22.4. The number of benzene rings is 2. The van der Waals surface area contributed by atoms with Crippen LogP contribution in [0.3, 0.4) is 0 Å². The van der Waals surface area contributed by atoms with Crippen molar-refractivity contribution in [2.45, 2.75) is 95.3 Å². The number of rotatable bonds is 16. The van der Waals surface area contributed by atoms with Gasteiger partial charge in [0.15, 0.2) is 0 Å². The van der Waals surface area contributed by atoms with E-state index in [1.165, 1.54) is 57.8 Å². The smallest absolute Gasteiger partial charge is 0.744 e. The first-order chi connectivity index (χ1) is 15.0. The molecule has 0 bridgehead atoms. The molecule has 172 valence electrons. The molecule has 0 aliphatic rings. The summed E-state index contributed by atoms with van der Waals surface area (Å²) < 4.78 is 41.6. The molecule has 0 saturated heterocycles. The molecule has 32 heavy (non-hydrogen) atoms. The molecule has 2 aromatic carbocycles. The summed E-state index contributed by atoms with van der Waals surface area (Å²) in [6, 6.07) is 13.9. The van der Waals surface area contributed by atoms with Gasteiger partial charge in [0.05, 0.1) is 0 Å². The molecule has 0 spiro atoms. The van der Waals surface area contributed by atoms with Crippen LogP contribution in [0.25, 0.3) is 0 Å². The van der Waals surface area contributed by atoms with Crippen LogP contribution in [0.4, 0.5) is 0 Å². The van der Waals surface area contributed by atoms with Gasteiger partial charge in [-0.3, -0.25) is 0 Å². The number of unbranched alkanes of at least 4 members (excludes halogenated alkanes) is 11. The van der Waals surface area contributed by atoms with Crippen LogP contribution in [-0.2, 0) is 16.5 Å². The average Bonchev–Trinajstić information content (AvgIpc) is 2.74. The second-order valence-electron chi connectivity index (χ2n) is 8.25. The molecule has 0 N–H and O–H groups in total. The number of hydrogen-bond acceptors (Lipinski definition) is 4. The van der Waals surface area contributed by atoms with Gasteiger partial charge >= 0.3 is 29.6 Å². The van der Waals surface area contributed by atoms with Crippen LogP contribution in [-0.4, -0.2) is 13.0 Å². The third-order valence-electron chi connectivity index (χ3n) is 5.58. The monoisotopic (exact) mass is 468 g/mol. The molecular formula is C26H37NaO4S. The van der Waals surface area contributed by atoms with Gasteiger partial charge in [-0.15, -0.1) is 0 Å². The van der Waals surface area contributed by atoms with Crippen LogP contribution < -0.4 is 34.3 Å². The molecule has 4 nitrogen and oxygen atoms in total. The second-order valence-corrected chi connectivity index (χ2v) is 9.57. The van der Waals surface area contributed by atoms with E-state index < -0.39 is 10.1 Å². The maximum Gasteiger partial charge on any atom is 1.00 e.